The second-order valence-electron chi connectivity index (χ2n) is 5.89. The van der Waals surface area contributed by atoms with Crippen LogP contribution in [-0.2, 0) is 14.3 Å². The van der Waals surface area contributed by atoms with Crippen LogP contribution in [0.4, 0.5) is 0 Å². The van der Waals surface area contributed by atoms with Crippen molar-refractivity contribution in [2.24, 2.45) is 5.92 Å². The fourth-order valence-electron chi connectivity index (χ4n) is 2.28. The van der Waals surface area contributed by atoms with Gasteiger partial charge < -0.3 is 19.5 Å². The van der Waals surface area contributed by atoms with Gasteiger partial charge in [-0.25, -0.2) is 4.79 Å². The molecule has 0 saturated carbocycles. The summed E-state index contributed by atoms with van der Waals surface area (Å²) in [6.07, 6.45) is 3.55. The number of benzene rings is 1. The molecule has 0 fully saturated rings. The van der Waals surface area contributed by atoms with Gasteiger partial charge in [-0.3, -0.25) is 4.79 Å². The minimum absolute atomic E-state index is 0.253. The number of nitrogens with one attached hydrogen (secondary N) is 1. The van der Waals surface area contributed by atoms with Gasteiger partial charge in [-0.1, -0.05) is 19.9 Å². The van der Waals surface area contributed by atoms with Crippen LogP contribution in [0.1, 0.15) is 32.8 Å². The zero-order valence-corrected chi connectivity index (χ0v) is 15.5. The molecule has 0 aliphatic rings. The summed E-state index contributed by atoms with van der Waals surface area (Å²) in [4.78, 5) is 23.8. The summed E-state index contributed by atoms with van der Waals surface area (Å²) in [5.74, 6) is 0.691. The summed E-state index contributed by atoms with van der Waals surface area (Å²) in [5.41, 5.74) is 0.786. The SMILES string of the molecule is CCOc1ccc(C=CC(=O)N[C@H](CC(C)C)C(=O)OC)cc1OC. The Balaban J connectivity index is 2.79. The lowest BCUT2D eigenvalue weighted by atomic mass is 10.0. The average Bonchev–Trinajstić information content (AvgIpc) is 2.59. The van der Waals surface area contributed by atoms with Crippen LogP contribution in [0.15, 0.2) is 24.3 Å². The molecule has 138 valence electrons. The van der Waals surface area contributed by atoms with Crippen molar-refractivity contribution in [3.63, 3.8) is 0 Å². The third kappa shape index (κ3) is 6.87. The number of rotatable bonds is 9. The van der Waals surface area contributed by atoms with E-state index in [4.69, 9.17) is 14.2 Å². The Hall–Kier alpha value is -2.50. The van der Waals surface area contributed by atoms with Crippen LogP contribution >= 0.6 is 0 Å². The highest BCUT2D eigenvalue weighted by molar-refractivity contribution is 5.94. The number of carbonyl (C=O) groups is 2. The monoisotopic (exact) mass is 349 g/mol. The van der Waals surface area contributed by atoms with Crippen LogP contribution in [-0.4, -0.2) is 38.7 Å². The molecule has 0 heterocycles. The summed E-state index contributed by atoms with van der Waals surface area (Å²) in [7, 11) is 2.87. The van der Waals surface area contributed by atoms with E-state index in [9.17, 15) is 9.59 Å². The zero-order valence-electron chi connectivity index (χ0n) is 15.5. The van der Waals surface area contributed by atoms with Gasteiger partial charge in [0.25, 0.3) is 0 Å². The Labute approximate surface area is 149 Å². The molecule has 6 heteroatoms. The van der Waals surface area contributed by atoms with Gasteiger partial charge in [-0.05, 0) is 43.0 Å². The topological polar surface area (TPSA) is 73.9 Å². The number of esters is 1. The van der Waals surface area contributed by atoms with Crippen molar-refractivity contribution < 1.29 is 23.8 Å². The third-order valence-corrected chi connectivity index (χ3v) is 3.42. The smallest absolute Gasteiger partial charge is 0.328 e. The van der Waals surface area contributed by atoms with E-state index in [0.29, 0.717) is 24.5 Å². The molecule has 1 atom stereocenters. The zero-order chi connectivity index (χ0) is 18.8. The molecule has 1 aromatic rings. The van der Waals surface area contributed by atoms with Crippen molar-refractivity contribution in [1.82, 2.24) is 5.32 Å². The maximum absolute atomic E-state index is 12.1. The summed E-state index contributed by atoms with van der Waals surface area (Å²) in [5, 5.41) is 2.67. The molecule has 0 bridgehead atoms. The Morgan fingerprint density at radius 3 is 2.48 bits per heavy atom. The molecule has 25 heavy (non-hydrogen) atoms. The third-order valence-electron chi connectivity index (χ3n) is 3.42. The second kappa shape index (κ2) is 10.4. The lowest BCUT2D eigenvalue weighted by Gasteiger charge is -2.17. The van der Waals surface area contributed by atoms with Gasteiger partial charge in [-0.15, -0.1) is 0 Å². The first-order chi connectivity index (χ1) is 11.9. The number of hydrogen-bond donors (Lipinski definition) is 1. The summed E-state index contributed by atoms with van der Waals surface area (Å²) in [6.45, 7) is 6.39. The predicted octanol–water partition coefficient (Wildman–Crippen LogP) is 2.81. The first-order valence-electron chi connectivity index (χ1n) is 8.28. The van der Waals surface area contributed by atoms with Gasteiger partial charge >= 0.3 is 5.97 Å². The molecule has 0 radical (unpaired) electrons. The first kappa shape index (κ1) is 20.5. The summed E-state index contributed by atoms with van der Waals surface area (Å²) in [6, 6.07) is 4.73. The van der Waals surface area contributed by atoms with Gasteiger partial charge in [0.15, 0.2) is 11.5 Å². The normalized spacial score (nSPS) is 12.1. The maximum atomic E-state index is 12.1. The van der Waals surface area contributed by atoms with Crippen molar-refractivity contribution in [2.45, 2.75) is 33.2 Å². The summed E-state index contributed by atoms with van der Waals surface area (Å²) >= 11 is 0. The van der Waals surface area contributed by atoms with Crippen LogP contribution in [0.2, 0.25) is 0 Å². The molecule has 0 aromatic heterocycles. The van der Waals surface area contributed by atoms with E-state index in [1.165, 1.54) is 13.2 Å². The van der Waals surface area contributed by atoms with Gasteiger partial charge in [-0.2, -0.15) is 0 Å². The van der Waals surface area contributed by atoms with Crippen molar-refractivity contribution in [3.05, 3.63) is 29.8 Å². The molecular formula is C19H27NO5. The molecule has 1 N–H and O–H groups in total. The highest BCUT2D eigenvalue weighted by Crippen LogP contribution is 2.28. The minimum Gasteiger partial charge on any atom is -0.493 e. The minimum atomic E-state index is -0.656. The van der Waals surface area contributed by atoms with E-state index in [0.717, 1.165) is 5.56 Å². The molecule has 0 unspecified atom stereocenters. The van der Waals surface area contributed by atoms with E-state index < -0.39 is 12.0 Å². The number of ether oxygens (including phenoxy) is 3. The van der Waals surface area contributed by atoms with Crippen molar-refractivity contribution in [2.75, 3.05) is 20.8 Å². The fraction of sp³-hybridized carbons (Fsp3) is 0.474. The highest BCUT2D eigenvalue weighted by Gasteiger charge is 2.21. The Kier molecular flexibility index (Phi) is 8.53. The van der Waals surface area contributed by atoms with Crippen LogP contribution in [0, 0.1) is 5.92 Å². The lowest BCUT2D eigenvalue weighted by Crippen LogP contribution is -2.41. The maximum Gasteiger partial charge on any atom is 0.328 e. The Morgan fingerprint density at radius 1 is 1.20 bits per heavy atom. The largest absolute Gasteiger partial charge is 0.493 e. The van der Waals surface area contributed by atoms with Crippen LogP contribution in [0.5, 0.6) is 11.5 Å². The first-order valence-corrected chi connectivity index (χ1v) is 8.28. The lowest BCUT2D eigenvalue weighted by molar-refractivity contribution is -0.145. The van der Waals surface area contributed by atoms with Gasteiger partial charge in [0, 0.05) is 6.08 Å². The van der Waals surface area contributed by atoms with E-state index in [1.807, 2.05) is 26.8 Å². The van der Waals surface area contributed by atoms with E-state index in [-0.39, 0.29) is 11.8 Å². The number of carbonyl (C=O) groups excluding carboxylic acids is 2. The number of hydrogen-bond acceptors (Lipinski definition) is 5. The van der Waals surface area contributed by atoms with Gasteiger partial charge in [0.1, 0.15) is 6.04 Å². The molecule has 0 aliphatic heterocycles. The molecule has 0 spiro atoms. The molecule has 1 aromatic carbocycles. The van der Waals surface area contributed by atoms with Crippen molar-refractivity contribution >= 4 is 18.0 Å². The van der Waals surface area contributed by atoms with Crippen LogP contribution < -0.4 is 14.8 Å². The van der Waals surface area contributed by atoms with Crippen LogP contribution in [0.3, 0.4) is 0 Å². The molecule has 6 nitrogen and oxygen atoms in total. The Bertz CT molecular complexity index is 610. The number of methoxy groups -OCH3 is 2. The van der Waals surface area contributed by atoms with Gasteiger partial charge in [0.2, 0.25) is 5.91 Å². The average molecular weight is 349 g/mol. The van der Waals surface area contributed by atoms with E-state index >= 15 is 0 Å². The van der Waals surface area contributed by atoms with Crippen LogP contribution in [0.25, 0.3) is 6.08 Å². The number of amides is 1. The standard InChI is InChI=1S/C19H27NO5/c1-6-25-16-9-7-14(12-17(16)23-4)8-10-18(21)20-15(11-13(2)3)19(22)24-5/h7-10,12-13,15H,6,11H2,1-5H3,(H,20,21)/t15-/m1/s1. The molecule has 1 amide bonds. The van der Waals surface area contributed by atoms with Crippen molar-refractivity contribution in [3.8, 4) is 11.5 Å². The quantitative estimate of drug-likeness (QED) is 0.548. The van der Waals surface area contributed by atoms with E-state index in [1.54, 1.807) is 25.3 Å². The van der Waals surface area contributed by atoms with Gasteiger partial charge in [0.05, 0.1) is 20.8 Å². The highest BCUT2D eigenvalue weighted by atomic mass is 16.5. The fourth-order valence-corrected chi connectivity index (χ4v) is 2.28. The predicted molar refractivity (Wildman–Crippen MR) is 96.6 cm³/mol. The van der Waals surface area contributed by atoms with Crippen molar-refractivity contribution in [1.29, 1.82) is 0 Å². The molecule has 0 saturated heterocycles. The van der Waals surface area contributed by atoms with E-state index in [2.05, 4.69) is 5.32 Å². The molecular weight excluding hydrogens is 322 g/mol. The molecule has 1 rings (SSSR count). The molecule has 0 aliphatic carbocycles. The summed E-state index contributed by atoms with van der Waals surface area (Å²) < 4.78 is 15.5. The second-order valence-corrected chi connectivity index (χ2v) is 5.89. The Morgan fingerprint density at radius 2 is 1.92 bits per heavy atom.